The first-order chi connectivity index (χ1) is 14.0. The molecule has 1 fully saturated rings. The third-order valence-corrected chi connectivity index (χ3v) is 5.65. The molecule has 6 nitrogen and oxygen atoms in total. The number of rotatable bonds is 7. The number of nitrogens with one attached hydrogen (secondary N) is 1. The lowest BCUT2D eigenvalue weighted by Crippen LogP contribution is -2.14. The number of nitrogens with zero attached hydrogens (tertiary/aromatic N) is 3. The molecule has 148 valence electrons. The predicted molar refractivity (Wildman–Crippen MR) is 114 cm³/mol. The second-order valence-electron chi connectivity index (χ2n) is 7.16. The molecule has 0 bridgehead atoms. The Bertz CT molecular complexity index is 1030. The topological polar surface area (TPSA) is 76.9 Å². The molecule has 1 atom stereocenters. The van der Waals surface area contributed by atoms with Gasteiger partial charge in [-0.05, 0) is 56.2 Å². The lowest BCUT2D eigenvalue weighted by Gasteiger charge is -2.09. The van der Waals surface area contributed by atoms with Crippen LogP contribution >= 0.6 is 11.8 Å². The van der Waals surface area contributed by atoms with Crippen molar-refractivity contribution in [2.75, 3.05) is 5.32 Å². The molecule has 3 aromatic rings. The number of thioether (sulfide) groups is 1. The standard InChI is InChI=1S/C22H22N4O2S/c1-14(20(28)16-10-12-18(13-11-16)23-15(2)27)29-22-24-21(17-8-9-17)26(25-22)19-6-4-3-5-7-19/h3-7,10-14,17H,8-9H2,1-2H3,(H,23,27). The molecule has 1 aromatic heterocycles. The van der Waals surface area contributed by atoms with Gasteiger partial charge >= 0.3 is 0 Å². The van der Waals surface area contributed by atoms with Crippen LogP contribution in [0.15, 0.2) is 59.8 Å². The highest BCUT2D eigenvalue weighted by molar-refractivity contribution is 8.00. The van der Waals surface area contributed by atoms with Crippen molar-refractivity contribution in [2.45, 2.75) is 43.0 Å². The van der Waals surface area contributed by atoms with Crippen LogP contribution in [0, 0.1) is 0 Å². The van der Waals surface area contributed by atoms with Gasteiger partial charge in [-0.3, -0.25) is 9.59 Å². The van der Waals surface area contributed by atoms with Crippen molar-refractivity contribution < 1.29 is 9.59 Å². The van der Waals surface area contributed by atoms with Gasteiger partial charge in [0, 0.05) is 24.1 Å². The van der Waals surface area contributed by atoms with Gasteiger partial charge in [-0.15, -0.1) is 5.10 Å². The number of Topliss-reactive ketones (excluding diaryl/α,β-unsaturated/α-hetero) is 1. The minimum Gasteiger partial charge on any atom is -0.326 e. The van der Waals surface area contributed by atoms with Crippen LogP contribution in [-0.2, 0) is 4.79 Å². The van der Waals surface area contributed by atoms with Crippen LogP contribution < -0.4 is 5.32 Å². The van der Waals surface area contributed by atoms with Crippen molar-refractivity contribution >= 4 is 29.1 Å². The SMILES string of the molecule is CC(=O)Nc1ccc(C(=O)C(C)Sc2nc(C3CC3)n(-c3ccccc3)n2)cc1. The van der Waals surface area contributed by atoms with E-state index in [4.69, 9.17) is 4.98 Å². The third-order valence-electron chi connectivity index (χ3n) is 4.70. The molecule has 7 heteroatoms. The summed E-state index contributed by atoms with van der Waals surface area (Å²) in [5.41, 5.74) is 2.26. The Balaban J connectivity index is 1.50. The van der Waals surface area contributed by atoms with Gasteiger partial charge in [-0.1, -0.05) is 30.0 Å². The fourth-order valence-electron chi connectivity index (χ4n) is 3.09. The molecule has 2 aromatic carbocycles. The number of amides is 1. The van der Waals surface area contributed by atoms with E-state index < -0.39 is 0 Å². The largest absolute Gasteiger partial charge is 0.326 e. The normalized spacial score (nSPS) is 14.4. The molecule has 1 aliphatic rings. The molecular weight excluding hydrogens is 384 g/mol. The first-order valence-corrected chi connectivity index (χ1v) is 10.5. The van der Waals surface area contributed by atoms with Crippen LogP contribution in [0.3, 0.4) is 0 Å². The van der Waals surface area contributed by atoms with Gasteiger partial charge in [0.1, 0.15) is 5.82 Å². The first kappa shape index (κ1) is 19.4. The zero-order valence-electron chi connectivity index (χ0n) is 16.3. The van der Waals surface area contributed by atoms with E-state index in [1.54, 1.807) is 24.3 Å². The molecule has 0 saturated heterocycles. The summed E-state index contributed by atoms with van der Waals surface area (Å²) in [6.07, 6.45) is 2.26. The summed E-state index contributed by atoms with van der Waals surface area (Å²) >= 11 is 1.37. The molecule has 1 amide bonds. The number of anilines is 1. The number of hydrogen-bond acceptors (Lipinski definition) is 5. The summed E-state index contributed by atoms with van der Waals surface area (Å²) in [5.74, 6) is 1.29. The van der Waals surface area contributed by atoms with Gasteiger partial charge in [0.15, 0.2) is 5.78 Å². The van der Waals surface area contributed by atoms with E-state index >= 15 is 0 Å². The average molecular weight is 407 g/mol. The summed E-state index contributed by atoms with van der Waals surface area (Å²) in [6.45, 7) is 3.32. The number of aromatic nitrogens is 3. The van der Waals surface area contributed by atoms with E-state index in [2.05, 4.69) is 10.4 Å². The van der Waals surface area contributed by atoms with Crippen LogP contribution in [0.4, 0.5) is 5.69 Å². The second-order valence-corrected chi connectivity index (χ2v) is 8.47. The minimum absolute atomic E-state index is 0.00779. The number of para-hydroxylation sites is 1. The van der Waals surface area contributed by atoms with Crippen LogP contribution in [-0.4, -0.2) is 31.7 Å². The van der Waals surface area contributed by atoms with Crippen LogP contribution in [0.25, 0.3) is 5.69 Å². The summed E-state index contributed by atoms with van der Waals surface area (Å²) in [6, 6.07) is 16.9. The van der Waals surface area contributed by atoms with E-state index in [-0.39, 0.29) is 16.9 Å². The zero-order valence-corrected chi connectivity index (χ0v) is 17.1. The number of ketones is 1. The molecular formula is C22H22N4O2S. The molecule has 1 saturated carbocycles. The quantitative estimate of drug-likeness (QED) is 0.463. The van der Waals surface area contributed by atoms with E-state index in [9.17, 15) is 9.59 Å². The third kappa shape index (κ3) is 4.56. The van der Waals surface area contributed by atoms with E-state index in [1.165, 1.54) is 18.7 Å². The maximum absolute atomic E-state index is 12.8. The molecule has 0 aliphatic heterocycles. The fraction of sp³-hybridized carbons (Fsp3) is 0.273. The highest BCUT2D eigenvalue weighted by Crippen LogP contribution is 2.40. The molecule has 1 unspecified atom stereocenters. The molecule has 1 aliphatic carbocycles. The van der Waals surface area contributed by atoms with Gasteiger partial charge in [0.05, 0.1) is 10.9 Å². The Hall–Kier alpha value is -2.93. The lowest BCUT2D eigenvalue weighted by atomic mass is 10.1. The smallest absolute Gasteiger partial charge is 0.221 e. The summed E-state index contributed by atoms with van der Waals surface area (Å²) < 4.78 is 1.90. The number of carbonyl (C=O) groups excluding carboxylic acids is 2. The van der Waals surface area contributed by atoms with Gasteiger partial charge in [-0.2, -0.15) is 0 Å². The molecule has 1 heterocycles. The minimum atomic E-state index is -0.319. The van der Waals surface area contributed by atoms with Crippen molar-refractivity contribution in [1.82, 2.24) is 14.8 Å². The van der Waals surface area contributed by atoms with Gasteiger partial charge in [0.2, 0.25) is 11.1 Å². The van der Waals surface area contributed by atoms with E-state index in [0.29, 0.717) is 22.3 Å². The highest BCUT2D eigenvalue weighted by atomic mass is 32.2. The van der Waals surface area contributed by atoms with Crippen molar-refractivity contribution in [1.29, 1.82) is 0 Å². The Morgan fingerprint density at radius 2 is 1.79 bits per heavy atom. The lowest BCUT2D eigenvalue weighted by molar-refractivity contribution is -0.114. The molecule has 0 spiro atoms. The zero-order chi connectivity index (χ0) is 20.4. The Morgan fingerprint density at radius 1 is 1.10 bits per heavy atom. The van der Waals surface area contributed by atoms with Crippen LogP contribution in [0.2, 0.25) is 0 Å². The van der Waals surface area contributed by atoms with Crippen LogP contribution in [0.5, 0.6) is 0 Å². The monoisotopic (exact) mass is 406 g/mol. The number of benzene rings is 2. The Kier molecular flexibility index (Phi) is 5.49. The molecule has 29 heavy (non-hydrogen) atoms. The predicted octanol–water partition coefficient (Wildman–Crippen LogP) is 4.47. The fourth-order valence-corrected chi connectivity index (χ4v) is 3.92. The number of carbonyl (C=O) groups is 2. The maximum atomic E-state index is 12.8. The molecule has 0 radical (unpaired) electrons. The van der Waals surface area contributed by atoms with Crippen molar-refractivity contribution in [2.24, 2.45) is 0 Å². The van der Waals surface area contributed by atoms with Gasteiger partial charge in [0.25, 0.3) is 0 Å². The van der Waals surface area contributed by atoms with Crippen molar-refractivity contribution in [3.63, 3.8) is 0 Å². The van der Waals surface area contributed by atoms with Gasteiger partial charge in [-0.25, -0.2) is 9.67 Å². The second kappa shape index (κ2) is 8.21. The van der Waals surface area contributed by atoms with Crippen LogP contribution in [0.1, 0.15) is 48.8 Å². The average Bonchev–Trinajstić information content (AvgIpc) is 3.48. The summed E-state index contributed by atoms with van der Waals surface area (Å²) in [7, 11) is 0. The summed E-state index contributed by atoms with van der Waals surface area (Å²) in [4.78, 5) is 28.7. The van der Waals surface area contributed by atoms with Crippen molar-refractivity contribution in [3.8, 4) is 5.69 Å². The first-order valence-electron chi connectivity index (χ1n) is 9.62. The molecule has 1 N–H and O–H groups in total. The highest BCUT2D eigenvalue weighted by Gasteiger charge is 2.31. The Labute approximate surface area is 173 Å². The Morgan fingerprint density at radius 3 is 2.41 bits per heavy atom. The van der Waals surface area contributed by atoms with E-state index in [1.807, 2.05) is 41.9 Å². The molecule has 4 rings (SSSR count). The van der Waals surface area contributed by atoms with E-state index in [0.717, 1.165) is 24.4 Å². The van der Waals surface area contributed by atoms with Gasteiger partial charge < -0.3 is 5.32 Å². The van der Waals surface area contributed by atoms with Crippen molar-refractivity contribution in [3.05, 3.63) is 66.0 Å². The maximum Gasteiger partial charge on any atom is 0.221 e. The number of hydrogen-bond donors (Lipinski definition) is 1. The summed E-state index contributed by atoms with van der Waals surface area (Å²) in [5, 5.41) is 7.67.